The molecule has 1 aliphatic rings. The van der Waals surface area contributed by atoms with E-state index in [2.05, 4.69) is 0 Å². The second kappa shape index (κ2) is 3.83. The van der Waals surface area contributed by atoms with Crippen LogP contribution < -0.4 is 11.5 Å². The second-order valence-corrected chi connectivity index (χ2v) is 3.21. The Bertz CT molecular complexity index is 143. The Morgan fingerprint density at radius 1 is 1.55 bits per heavy atom. The van der Waals surface area contributed by atoms with Crippen LogP contribution in [0.4, 0.5) is 0 Å². The number of Topliss-reactive ketones (excluding diaryl/α,β-unsaturated/α-hetero) is 1. The smallest absolute Gasteiger partial charge is 0.152 e. The molecule has 0 heterocycles. The van der Waals surface area contributed by atoms with E-state index in [0.29, 0.717) is 13.0 Å². The molecule has 0 aromatic rings. The lowest BCUT2D eigenvalue weighted by atomic mass is 9.79. The van der Waals surface area contributed by atoms with Crippen molar-refractivity contribution in [2.24, 2.45) is 17.4 Å². The van der Waals surface area contributed by atoms with Gasteiger partial charge in [-0.1, -0.05) is 6.42 Å². The quantitative estimate of drug-likeness (QED) is 0.603. The number of ketones is 1. The van der Waals surface area contributed by atoms with Crippen molar-refractivity contribution in [1.29, 1.82) is 0 Å². The predicted octanol–water partition coefficient (Wildman–Crippen LogP) is 0.0317. The van der Waals surface area contributed by atoms with Gasteiger partial charge < -0.3 is 11.5 Å². The maximum Gasteiger partial charge on any atom is 0.152 e. The zero-order chi connectivity index (χ0) is 8.27. The summed E-state index contributed by atoms with van der Waals surface area (Å²) in [5, 5.41) is 0. The predicted molar refractivity (Wildman–Crippen MR) is 44.0 cm³/mol. The summed E-state index contributed by atoms with van der Waals surface area (Å²) in [6, 6.07) is -0.301. The summed E-state index contributed by atoms with van der Waals surface area (Å²) in [6.07, 6.45) is 3.90. The molecule has 0 radical (unpaired) electrons. The van der Waals surface area contributed by atoms with E-state index in [1.54, 1.807) is 0 Å². The first-order valence-electron chi connectivity index (χ1n) is 4.25. The van der Waals surface area contributed by atoms with Gasteiger partial charge in [0, 0.05) is 5.92 Å². The SMILES string of the molecule is NCC[C@H](N)C(=O)C1CCC1. The van der Waals surface area contributed by atoms with E-state index in [1.807, 2.05) is 0 Å². The Hall–Kier alpha value is -0.410. The minimum absolute atomic E-state index is 0.224. The van der Waals surface area contributed by atoms with Gasteiger partial charge in [0.05, 0.1) is 6.04 Å². The van der Waals surface area contributed by atoms with Crippen molar-refractivity contribution in [2.45, 2.75) is 31.7 Å². The van der Waals surface area contributed by atoms with Crippen LogP contribution in [0.3, 0.4) is 0 Å². The molecule has 4 N–H and O–H groups in total. The highest BCUT2D eigenvalue weighted by Gasteiger charge is 2.28. The van der Waals surface area contributed by atoms with Crippen molar-refractivity contribution in [3.05, 3.63) is 0 Å². The van der Waals surface area contributed by atoms with E-state index in [0.717, 1.165) is 12.8 Å². The van der Waals surface area contributed by atoms with Gasteiger partial charge in [-0.05, 0) is 25.8 Å². The first-order valence-corrected chi connectivity index (χ1v) is 4.25. The van der Waals surface area contributed by atoms with Gasteiger partial charge in [0.25, 0.3) is 0 Å². The van der Waals surface area contributed by atoms with Crippen LogP contribution in [0.1, 0.15) is 25.7 Å². The van der Waals surface area contributed by atoms with Crippen LogP contribution in [0.15, 0.2) is 0 Å². The third kappa shape index (κ3) is 2.01. The number of hydrogen-bond donors (Lipinski definition) is 2. The monoisotopic (exact) mass is 156 g/mol. The lowest BCUT2D eigenvalue weighted by molar-refractivity contribution is -0.126. The first kappa shape index (κ1) is 8.68. The number of carbonyl (C=O) groups is 1. The molecule has 0 saturated heterocycles. The average molecular weight is 156 g/mol. The second-order valence-electron chi connectivity index (χ2n) is 3.21. The van der Waals surface area contributed by atoms with Gasteiger partial charge in [-0.2, -0.15) is 0 Å². The lowest BCUT2D eigenvalue weighted by Gasteiger charge is -2.26. The average Bonchev–Trinajstić information content (AvgIpc) is 1.84. The summed E-state index contributed by atoms with van der Waals surface area (Å²) >= 11 is 0. The fourth-order valence-corrected chi connectivity index (χ4v) is 1.32. The zero-order valence-electron chi connectivity index (χ0n) is 6.75. The summed E-state index contributed by atoms with van der Waals surface area (Å²) in [6.45, 7) is 0.514. The fourth-order valence-electron chi connectivity index (χ4n) is 1.32. The molecule has 1 aliphatic carbocycles. The molecule has 1 saturated carbocycles. The Labute approximate surface area is 67.1 Å². The molecule has 3 heteroatoms. The van der Waals surface area contributed by atoms with Gasteiger partial charge >= 0.3 is 0 Å². The van der Waals surface area contributed by atoms with E-state index in [-0.39, 0.29) is 17.7 Å². The van der Waals surface area contributed by atoms with Crippen molar-refractivity contribution < 1.29 is 4.79 Å². The van der Waals surface area contributed by atoms with Crippen LogP contribution in [-0.4, -0.2) is 18.4 Å². The first-order chi connectivity index (χ1) is 5.25. The van der Waals surface area contributed by atoms with E-state index >= 15 is 0 Å². The van der Waals surface area contributed by atoms with Crippen molar-refractivity contribution in [1.82, 2.24) is 0 Å². The van der Waals surface area contributed by atoms with E-state index in [4.69, 9.17) is 11.5 Å². The zero-order valence-corrected chi connectivity index (χ0v) is 6.75. The summed E-state index contributed by atoms with van der Waals surface area (Å²) in [5.74, 6) is 0.484. The normalized spacial score (nSPS) is 20.9. The highest BCUT2D eigenvalue weighted by atomic mass is 16.1. The van der Waals surface area contributed by atoms with Crippen LogP contribution in [0.5, 0.6) is 0 Å². The number of carbonyl (C=O) groups excluding carboxylic acids is 1. The lowest BCUT2D eigenvalue weighted by Crippen LogP contribution is -2.39. The van der Waals surface area contributed by atoms with Crippen molar-refractivity contribution in [3.8, 4) is 0 Å². The maximum absolute atomic E-state index is 11.3. The molecular formula is C8H16N2O. The molecule has 0 unspecified atom stereocenters. The van der Waals surface area contributed by atoms with Crippen LogP contribution in [-0.2, 0) is 4.79 Å². The van der Waals surface area contributed by atoms with E-state index in [1.165, 1.54) is 6.42 Å². The molecule has 3 nitrogen and oxygen atoms in total. The van der Waals surface area contributed by atoms with Gasteiger partial charge in [-0.3, -0.25) is 4.79 Å². The summed E-state index contributed by atoms with van der Waals surface area (Å²) in [7, 11) is 0. The third-order valence-corrected chi connectivity index (χ3v) is 2.35. The van der Waals surface area contributed by atoms with Gasteiger partial charge in [0.1, 0.15) is 0 Å². The highest BCUT2D eigenvalue weighted by Crippen LogP contribution is 2.27. The van der Waals surface area contributed by atoms with Crippen LogP contribution >= 0.6 is 0 Å². The van der Waals surface area contributed by atoms with Crippen LogP contribution in [0, 0.1) is 5.92 Å². The molecule has 0 aromatic heterocycles. The van der Waals surface area contributed by atoms with Crippen molar-refractivity contribution in [2.75, 3.05) is 6.54 Å². The minimum atomic E-state index is -0.301. The summed E-state index contributed by atoms with van der Waals surface area (Å²) in [4.78, 5) is 11.3. The number of nitrogens with two attached hydrogens (primary N) is 2. The van der Waals surface area contributed by atoms with E-state index in [9.17, 15) is 4.79 Å². The Morgan fingerprint density at radius 3 is 2.55 bits per heavy atom. The van der Waals surface area contributed by atoms with Crippen LogP contribution in [0.25, 0.3) is 0 Å². The topological polar surface area (TPSA) is 69.1 Å². The van der Waals surface area contributed by atoms with Gasteiger partial charge in [0.15, 0.2) is 5.78 Å². The summed E-state index contributed by atoms with van der Waals surface area (Å²) in [5.41, 5.74) is 10.9. The Kier molecular flexibility index (Phi) is 3.02. The minimum Gasteiger partial charge on any atom is -0.330 e. The Balaban J connectivity index is 2.27. The maximum atomic E-state index is 11.3. The molecule has 1 rings (SSSR count). The standard InChI is InChI=1S/C8H16N2O/c9-5-4-7(10)8(11)6-2-1-3-6/h6-7H,1-5,9-10H2/t7-/m0/s1. The van der Waals surface area contributed by atoms with Gasteiger partial charge in [0.2, 0.25) is 0 Å². The van der Waals surface area contributed by atoms with Gasteiger partial charge in [-0.25, -0.2) is 0 Å². The highest BCUT2D eigenvalue weighted by molar-refractivity contribution is 5.86. The van der Waals surface area contributed by atoms with Crippen molar-refractivity contribution >= 4 is 5.78 Å². The molecule has 11 heavy (non-hydrogen) atoms. The van der Waals surface area contributed by atoms with Gasteiger partial charge in [-0.15, -0.1) is 0 Å². The number of hydrogen-bond acceptors (Lipinski definition) is 3. The molecule has 0 bridgehead atoms. The van der Waals surface area contributed by atoms with E-state index < -0.39 is 0 Å². The molecule has 1 atom stereocenters. The Morgan fingerprint density at radius 2 is 2.18 bits per heavy atom. The van der Waals surface area contributed by atoms with Crippen molar-refractivity contribution in [3.63, 3.8) is 0 Å². The summed E-state index contributed by atoms with van der Waals surface area (Å²) < 4.78 is 0. The largest absolute Gasteiger partial charge is 0.330 e. The molecule has 0 amide bonds. The molecule has 1 fully saturated rings. The molecule has 0 spiro atoms. The fraction of sp³-hybridized carbons (Fsp3) is 0.875. The van der Waals surface area contributed by atoms with Crippen LogP contribution in [0.2, 0.25) is 0 Å². The number of rotatable bonds is 4. The molecule has 0 aliphatic heterocycles. The molecule has 0 aromatic carbocycles. The third-order valence-electron chi connectivity index (χ3n) is 2.35. The molecule has 64 valence electrons. The molecular weight excluding hydrogens is 140 g/mol.